The molecule has 0 bridgehead atoms. The highest BCUT2D eigenvalue weighted by Gasteiger charge is 2.40. The highest BCUT2D eigenvalue weighted by Crippen LogP contribution is 2.44. The first kappa shape index (κ1) is 12.4. The predicted octanol–water partition coefficient (Wildman–Crippen LogP) is 1.71. The van der Waals surface area contributed by atoms with Gasteiger partial charge in [-0.25, -0.2) is 8.42 Å². The third-order valence-corrected chi connectivity index (χ3v) is 4.79. The number of hydrogen-bond donors (Lipinski definition) is 0. The lowest BCUT2D eigenvalue weighted by Crippen LogP contribution is -2.36. The van der Waals surface area contributed by atoms with E-state index in [2.05, 4.69) is 20.8 Å². The zero-order chi connectivity index (χ0) is 13.0. The lowest BCUT2D eigenvalue weighted by atomic mass is 9.81. The normalized spacial score (nSPS) is 22.6. The first-order chi connectivity index (χ1) is 7.65. The molecule has 0 radical (unpaired) electrons. The monoisotopic (exact) mass is 254 g/mol. The highest BCUT2D eigenvalue weighted by atomic mass is 32.2. The van der Waals surface area contributed by atoms with Crippen LogP contribution in [0.25, 0.3) is 0 Å². The number of rotatable bonds is 1. The van der Waals surface area contributed by atoms with E-state index in [0.29, 0.717) is 0 Å². The Balaban J connectivity index is 2.65. The van der Waals surface area contributed by atoms with Crippen LogP contribution in [0, 0.1) is 0 Å². The summed E-state index contributed by atoms with van der Waals surface area (Å²) >= 11 is 0. The number of hydrogen-bond acceptors (Lipinski definition) is 4. The topological polar surface area (TPSA) is 60.4 Å². The van der Waals surface area contributed by atoms with Crippen molar-refractivity contribution in [2.75, 3.05) is 11.9 Å². The number of benzene rings is 1. The second-order valence-electron chi connectivity index (χ2n) is 5.14. The van der Waals surface area contributed by atoms with Crippen LogP contribution in [0.2, 0.25) is 0 Å². The Morgan fingerprint density at radius 1 is 1.35 bits per heavy atom. The van der Waals surface area contributed by atoms with E-state index in [4.69, 9.17) is 0 Å². The van der Waals surface area contributed by atoms with Crippen LogP contribution in [0.5, 0.6) is 0 Å². The van der Waals surface area contributed by atoms with Crippen LogP contribution in [-0.4, -0.2) is 26.1 Å². The molecule has 1 aromatic rings. The van der Waals surface area contributed by atoms with Crippen molar-refractivity contribution in [2.24, 2.45) is 0 Å². The van der Waals surface area contributed by atoms with Crippen molar-refractivity contribution < 1.29 is 13.0 Å². The lowest BCUT2D eigenvalue weighted by molar-refractivity contribution is 0.454. The molecule has 0 spiro atoms. The average Bonchev–Trinajstić information content (AvgIpc) is 2.39. The Hall–Kier alpha value is -1.07. The fourth-order valence-corrected chi connectivity index (χ4v) is 2.91. The van der Waals surface area contributed by atoms with Crippen molar-refractivity contribution in [1.82, 2.24) is 0 Å². The van der Waals surface area contributed by atoms with Crippen molar-refractivity contribution in [3.05, 3.63) is 23.8 Å². The van der Waals surface area contributed by atoms with Crippen LogP contribution >= 0.6 is 0 Å². The summed E-state index contributed by atoms with van der Waals surface area (Å²) in [5.74, 6) is 0. The van der Waals surface area contributed by atoms with Gasteiger partial charge in [-0.3, -0.25) is 0 Å². The van der Waals surface area contributed by atoms with Gasteiger partial charge in [0.25, 0.3) is 0 Å². The van der Waals surface area contributed by atoms with E-state index in [1.54, 1.807) is 6.07 Å². The minimum absolute atomic E-state index is 0.0464. The summed E-state index contributed by atoms with van der Waals surface area (Å²) in [7, 11) is -2.46. The Kier molecular flexibility index (Phi) is 2.52. The minimum atomic E-state index is -4.38. The summed E-state index contributed by atoms with van der Waals surface area (Å²) in [6, 6.07) is 4.89. The van der Waals surface area contributed by atoms with E-state index in [9.17, 15) is 13.0 Å². The second kappa shape index (κ2) is 3.46. The first-order valence-corrected chi connectivity index (χ1v) is 6.90. The SMILES string of the molecule is C[C@@H]1N(C)c2cc(S(=O)(=O)[O-])ccc2C1(C)C. The maximum atomic E-state index is 11.0. The zero-order valence-electron chi connectivity index (χ0n) is 10.4. The van der Waals surface area contributed by atoms with Crippen molar-refractivity contribution in [3.8, 4) is 0 Å². The number of fused-ring (bicyclic) bond motifs is 1. The molecule has 17 heavy (non-hydrogen) atoms. The summed E-state index contributed by atoms with van der Waals surface area (Å²) < 4.78 is 33.0. The third-order valence-electron chi connectivity index (χ3n) is 3.96. The number of nitrogens with zero attached hydrogens (tertiary/aromatic N) is 1. The molecule has 1 aliphatic heterocycles. The number of anilines is 1. The van der Waals surface area contributed by atoms with Gasteiger partial charge in [-0.2, -0.15) is 0 Å². The fourth-order valence-electron chi connectivity index (χ4n) is 2.42. The highest BCUT2D eigenvalue weighted by molar-refractivity contribution is 7.85. The molecule has 1 atom stereocenters. The maximum Gasteiger partial charge on any atom is 0.124 e. The molecule has 2 rings (SSSR count). The zero-order valence-corrected chi connectivity index (χ0v) is 11.2. The third kappa shape index (κ3) is 1.73. The van der Waals surface area contributed by atoms with Crippen molar-refractivity contribution >= 4 is 15.8 Å². The van der Waals surface area contributed by atoms with E-state index < -0.39 is 10.1 Å². The molecule has 0 amide bonds. The van der Waals surface area contributed by atoms with Gasteiger partial charge in [0.05, 0.1) is 4.90 Å². The summed E-state index contributed by atoms with van der Waals surface area (Å²) in [6.07, 6.45) is 0. The molecule has 0 aromatic heterocycles. The Morgan fingerprint density at radius 2 is 1.94 bits per heavy atom. The predicted molar refractivity (Wildman–Crippen MR) is 65.3 cm³/mol. The Labute approximate surface area is 102 Å². The van der Waals surface area contributed by atoms with Gasteiger partial charge in [-0.1, -0.05) is 19.9 Å². The smallest absolute Gasteiger partial charge is 0.124 e. The summed E-state index contributed by atoms with van der Waals surface area (Å²) in [6.45, 7) is 6.32. The molecule has 0 unspecified atom stereocenters. The van der Waals surface area contributed by atoms with Crippen LogP contribution in [0.4, 0.5) is 5.69 Å². The molecule has 94 valence electrons. The van der Waals surface area contributed by atoms with Gasteiger partial charge in [0.15, 0.2) is 0 Å². The molecule has 0 saturated heterocycles. The molecule has 4 nitrogen and oxygen atoms in total. The van der Waals surface area contributed by atoms with E-state index >= 15 is 0 Å². The van der Waals surface area contributed by atoms with Gasteiger partial charge in [-0.15, -0.1) is 0 Å². The van der Waals surface area contributed by atoms with E-state index in [1.165, 1.54) is 12.1 Å². The molecule has 0 fully saturated rings. The van der Waals surface area contributed by atoms with Gasteiger partial charge < -0.3 is 9.45 Å². The standard InChI is InChI=1S/C12H17NO3S/c1-8-12(2,3)10-6-5-9(17(14,15)16)7-11(10)13(8)4/h5-8H,1-4H3,(H,14,15,16)/p-1/t8-/m0/s1. The number of likely N-dealkylation sites (N-methyl/N-ethyl adjacent to an activating group) is 1. The summed E-state index contributed by atoms with van der Waals surface area (Å²) in [5, 5.41) is 0. The molecule has 0 aliphatic carbocycles. The van der Waals surface area contributed by atoms with Crippen LogP contribution in [0.1, 0.15) is 26.3 Å². The molecule has 1 heterocycles. The Morgan fingerprint density at radius 3 is 2.47 bits per heavy atom. The van der Waals surface area contributed by atoms with Crippen molar-refractivity contribution in [2.45, 2.75) is 37.1 Å². The molecule has 0 saturated carbocycles. The van der Waals surface area contributed by atoms with Crippen LogP contribution < -0.4 is 4.90 Å². The lowest BCUT2D eigenvalue weighted by Gasteiger charge is -2.28. The minimum Gasteiger partial charge on any atom is -0.744 e. The van der Waals surface area contributed by atoms with Gasteiger partial charge in [0.2, 0.25) is 0 Å². The molecule has 1 aromatic carbocycles. The van der Waals surface area contributed by atoms with E-state index in [1.807, 2.05) is 11.9 Å². The molecule has 1 aliphatic rings. The van der Waals surface area contributed by atoms with E-state index in [-0.39, 0.29) is 16.4 Å². The van der Waals surface area contributed by atoms with E-state index in [0.717, 1.165) is 11.3 Å². The second-order valence-corrected chi connectivity index (χ2v) is 6.52. The quantitative estimate of drug-likeness (QED) is 0.716. The van der Waals surface area contributed by atoms with Gasteiger partial charge in [0, 0.05) is 24.2 Å². The van der Waals surface area contributed by atoms with Crippen molar-refractivity contribution in [1.29, 1.82) is 0 Å². The van der Waals surface area contributed by atoms with Crippen LogP contribution in [0.15, 0.2) is 23.1 Å². The van der Waals surface area contributed by atoms with Gasteiger partial charge in [0.1, 0.15) is 10.1 Å². The molecule has 5 heteroatoms. The van der Waals surface area contributed by atoms with Gasteiger partial charge >= 0.3 is 0 Å². The average molecular weight is 254 g/mol. The molecule has 0 N–H and O–H groups in total. The molecular formula is C12H16NO3S-. The van der Waals surface area contributed by atoms with Gasteiger partial charge in [-0.05, 0) is 24.6 Å². The van der Waals surface area contributed by atoms with Crippen LogP contribution in [-0.2, 0) is 15.5 Å². The largest absolute Gasteiger partial charge is 0.744 e. The van der Waals surface area contributed by atoms with Crippen molar-refractivity contribution in [3.63, 3.8) is 0 Å². The summed E-state index contributed by atoms with van der Waals surface area (Å²) in [4.78, 5) is 1.86. The molecular weight excluding hydrogens is 238 g/mol. The Bertz CT molecular complexity index is 563. The van der Waals surface area contributed by atoms with Crippen LogP contribution in [0.3, 0.4) is 0 Å². The summed E-state index contributed by atoms with van der Waals surface area (Å²) in [5.41, 5.74) is 1.87. The first-order valence-electron chi connectivity index (χ1n) is 5.49. The fraction of sp³-hybridized carbons (Fsp3) is 0.500. The maximum absolute atomic E-state index is 11.0.